The number of aryl methyl sites for hydroxylation is 1. The number of halogens is 2. The van der Waals surface area contributed by atoms with Gasteiger partial charge in [-0.3, -0.25) is 19.6 Å². The first kappa shape index (κ1) is 17.9. The van der Waals surface area contributed by atoms with Gasteiger partial charge in [-0.25, -0.2) is 5.43 Å². The second-order valence-electron chi connectivity index (χ2n) is 4.90. The van der Waals surface area contributed by atoms with Gasteiger partial charge in [-0.15, -0.1) is 0 Å². The zero-order chi connectivity index (χ0) is 17.9. The molecule has 1 heterocycles. The molecule has 1 aromatic carbocycles. The van der Waals surface area contributed by atoms with E-state index in [-0.39, 0.29) is 17.9 Å². The summed E-state index contributed by atoms with van der Waals surface area (Å²) in [6, 6.07) is 4.90. The number of nitrogens with one attached hydrogen (secondary N) is 1. The highest BCUT2D eigenvalue weighted by Gasteiger charge is 2.22. The van der Waals surface area contributed by atoms with Gasteiger partial charge < -0.3 is 0 Å². The normalized spacial score (nSPS) is 11.0. The molecule has 0 radical (unpaired) electrons. The number of aromatic nitrogens is 2. The fraction of sp³-hybridized carbons (Fsp3) is 0.214. The average molecular weight is 370 g/mol. The minimum atomic E-state index is -0.519. The van der Waals surface area contributed by atoms with Crippen LogP contribution in [-0.2, 0) is 11.3 Å². The average Bonchev–Trinajstić information content (AvgIpc) is 2.77. The molecule has 2 aromatic rings. The highest BCUT2D eigenvalue weighted by atomic mass is 35.5. The van der Waals surface area contributed by atoms with Crippen molar-refractivity contribution in [1.82, 2.24) is 15.2 Å². The molecular weight excluding hydrogens is 357 g/mol. The maximum absolute atomic E-state index is 11.9. The van der Waals surface area contributed by atoms with E-state index in [1.165, 1.54) is 24.7 Å². The Bertz CT molecular complexity index is 832. The lowest BCUT2D eigenvalue weighted by Gasteiger charge is -2.02. The van der Waals surface area contributed by atoms with Gasteiger partial charge in [0.2, 0.25) is 0 Å². The first-order chi connectivity index (χ1) is 11.3. The van der Waals surface area contributed by atoms with Crippen molar-refractivity contribution >= 4 is 41.0 Å². The van der Waals surface area contributed by atoms with Gasteiger partial charge >= 0.3 is 5.69 Å². The lowest BCUT2D eigenvalue weighted by molar-refractivity contribution is -0.386. The summed E-state index contributed by atoms with van der Waals surface area (Å²) in [5.41, 5.74) is 3.45. The molecule has 24 heavy (non-hydrogen) atoms. The van der Waals surface area contributed by atoms with E-state index in [2.05, 4.69) is 15.6 Å². The highest BCUT2D eigenvalue weighted by Crippen LogP contribution is 2.22. The van der Waals surface area contributed by atoms with Crippen LogP contribution in [0.2, 0.25) is 10.0 Å². The van der Waals surface area contributed by atoms with Crippen molar-refractivity contribution < 1.29 is 9.72 Å². The number of hydrazone groups is 1. The van der Waals surface area contributed by atoms with Gasteiger partial charge in [0.05, 0.1) is 21.2 Å². The Morgan fingerprint density at radius 2 is 2.12 bits per heavy atom. The summed E-state index contributed by atoms with van der Waals surface area (Å²) in [6.07, 6.45) is 1.41. The fourth-order valence-electron chi connectivity index (χ4n) is 2.05. The van der Waals surface area contributed by atoms with Crippen LogP contribution in [0.3, 0.4) is 0 Å². The number of hydrogen-bond acceptors (Lipinski definition) is 5. The standard InChI is InChI=1S/C14H13Cl2N5O3/c1-8-14(21(23)24)9(2)20(19-8)7-13(22)18-17-6-10-3-4-11(15)12(16)5-10/h3-6H,7H2,1-2H3,(H,18,22)/b17-6+. The molecule has 1 aromatic heterocycles. The molecule has 0 aliphatic heterocycles. The highest BCUT2D eigenvalue weighted by molar-refractivity contribution is 6.42. The largest absolute Gasteiger partial charge is 0.312 e. The number of carbonyl (C=O) groups excluding carboxylic acids is 1. The third kappa shape index (κ3) is 4.09. The van der Waals surface area contributed by atoms with E-state index in [1.54, 1.807) is 18.2 Å². The van der Waals surface area contributed by atoms with Crippen molar-refractivity contribution in [2.24, 2.45) is 5.10 Å². The SMILES string of the molecule is Cc1nn(CC(=O)N/N=C/c2ccc(Cl)c(Cl)c2)c(C)c1[N+](=O)[O-]. The van der Waals surface area contributed by atoms with Crippen LogP contribution in [0.15, 0.2) is 23.3 Å². The lowest BCUT2D eigenvalue weighted by atomic mass is 10.2. The predicted octanol–water partition coefficient (Wildman–Crippen LogP) is 2.87. The fourth-order valence-corrected chi connectivity index (χ4v) is 2.36. The zero-order valence-corrected chi connectivity index (χ0v) is 14.3. The third-order valence-electron chi connectivity index (χ3n) is 3.17. The van der Waals surface area contributed by atoms with Crippen molar-refractivity contribution in [3.8, 4) is 0 Å². The Morgan fingerprint density at radius 3 is 2.71 bits per heavy atom. The number of amides is 1. The van der Waals surface area contributed by atoms with Gasteiger partial charge in [-0.05, 0) is 31.5 Å². The van der Waals surface area contributed by atoms with E-state index in [0.29, 0.717) is 21.3 Å². The van der Waals surface area contributed by atoms with Crippen LogP contribution in [0.1, 0.15) is 17.0 Å². The van der Waals surface area contributed by atoms with E-state index in [1.807, 2.05) is 0 Å². The molecule has 0 aliphatic rings. The zero-order valence-electron chi connectivity index (χ0n) is 12.8. The van der Waals surface area contributed by atoms with Gasteiger partial charge in [0.25, 0.3) is 5.91 Å². The van der Waals surface area contributed by atoms with Crippen molar-refractivity contribution in [3.05, 3.63) is 55.3 Å². The monoisotopic (exact) mass is 369 g/mol. The lowest BCUT2D eigenvalue weighted by Crippen LogP contribution is -2.24. The molecule has 10 heteroatoms. The van der Waals surface area contributed by atoms with Crippen LogP contribution in [0.5, 0.6) is 0 Å². The summed E-state index contributed by atoms with van der Waals surface area (Å²) < 4.78 is 1.26. The van der Waals surface area contributed by atoms with Crippen molar-refractivity contribution in [2.45, 2.75) is 20.4 Å². The Balaban J connectivity index is 2.01. The molecule has 0 saturated carbocycles. The number of carbonyl (C=O) groups is 1. The molecule has 0 saturated heterocycles. The Hall–Kier alpha value is -2.45. The van der Waals surface area contributed by atoms with Crippen LogP contribution in [0.4, 0.5) is 5.69 Å². The van der Waals surface area contributed by atoms with E-state index in [0.717, 1.165) is 0 Å². The number of hydrogen-bond donors (Lipinski definition) is 1. The van der Waals surface area contributed by atoms with Crippen LogP contribution in [-0.4, -0.2) is 26.8 Å². The molecule has 0 atom stereocenters. The summed E-state index contributed by atoms with van der Waals surface area (Å²) in [5, 5.41) is 19.5. The number of nitrogens with zero attached hydrogens (tertiary/aromatic N) is 4. The van der Waals surface area contributed by atoms with Crippen molar-refractivity contribution in [1.29, 1.82) is 0 Å². The predicted molar refractivity (Wildman–Crippen MR) is 90.6 cm³/mol. The quantitative estimate of drug-likeness (QED) is 0.497. The Morgan fingerprint density at radius 1 is 1.42 bits per heavy atom. The molecule has 0 aliphatic carbocycles. The summed E-state index contributed by atoms with van der Waals surface area (Å²) >= 11 is 11.7. The van der Waals surface area contributed by atoms with Crippen LogP contribution >= 0.6 is 23.2 Å². The Kier molecular flexibility index (Phi) is 5.53. The molecule has 0 spiro atoms. The van der Waals surface area contributed by atoms with Crippen LogP contribution in [0.25, 0.3) is 0 Å². The van der Waals surface area contributed by atoms with E-state index in [4.69, 9.17) is 23.2 Å². The second kappa shape index (κ2) is 7.41. The molecule has 0 bridgehead atoms. The Labute approximate surface area is 147 Å². The van der Waals surface area contributed by atoms with E-state index < -0.39 is 10.8 Å². The number of nitro groups is 1. The van der Waals surface area contributed by atoms with Gasteiger partial charge in [0, 0.05) is 0 Å². The second-order valence-corrected chi connectivity index (χ2v) is 5.72. The summed E-state index contributed by atoms with van der Waals surface area (Å²) in [4.78, 5) is 22.3. The van der Waals surface area contributed by atoms with Crippen LogP contribution < -0.4 is 5.43 Å². The van der Waals surface area contributed by atoms with Crippen molar-refractivity contribution in [2.75, 3.05) is 0 Å². The first-order valence-corrected chi connectivity index (χ1v) is 7.50. The molecule has 126 valence electrons. The van der Waals surface area contributed by atoms with Gasteiger partial charge in [0.15, 0.2) is 0 Å². The van der Waals surface area contributed by atoms with E-state index in [9.17, 15) is 14.9 Å². The number of rotatable bonds is 5. The minimum Gasteiger partial charge on any atom is -0.271 e. The maximum Gasteiger partial charge on any atom is 0.312 e. The summed E-state index contributed by atoms with van der Waals surface area (Å²) in [5.74, 6) is -0.466. The third-order valence-corrected chi connectivity index (χ3v) is 3.90. The minimum absolute atomic E-state index is 0.0953. The smallest absolute Gasteiger partial charge is 0.271 e. The summed E-state index contributed by atoms with van der Waals surface area (Å²) in [7, 11) is 0. The maximum atomic E-state index is 11.9. The van der Waals surface area contributed by atoms with Crippen molar-refractivity contribution in [3.63, 3.8) is 0 Å². The van der Waals surface area contributed by atoms with Gasteiger partial charge in [0.1, 0.15) is 17.9 Å². The van der Waals surface area contributed by atoms with Gasteiger partial charge in [-0.1, -0.05) is 29.3 Å². The van der Waals surface area contributed by atoms with E-state index >= 15 is 0 Å². The molecular formula is C14H13Cl2N5O3. The molecule has 2 rings (SSSR count). The topological polar surface area (TPSA) is 102 Å². The number of benzene rings is 1. The molecule has 1 N–H and O–H groups in total. The van der Waals surface area contributed by atoms with Crippen LogP contribution in [0, 0.1) is 24.0 Å². The van der Waals surface area contributed by atoms with Gasteiger partial charge in [-0.2, -0.15) is 10.2 Å². The first-order valence-electron chi connectivity index (χ1n) is 6.75. The molecule has 1 amide bonds. The molecule has 8 nitrogen and oxygen atoms in total. The molecule has 0 fully saturated rings. The summed E-state index contributed by atoms with van der Waals surface area (Å²) in [6.45, 7) is 2.87. The molecule has 0 unspecified atom stereocenters.